The number of carboxylic acids is 1. The molecule has 23 heavy (non-hydrogen) atoms. The van der Waals surface area contributed by atoms with Crippen LogP contribution in [0, 0.1) is 0 Å². The van der Waals surface area contributed by atoms with Gasteiger partial charge in [0.1, 0.15) is 0 Å². The average molecular weight is 318 g/mol. The van der Waals surface area contributed by atoms with Gasteiger partial charge < -0.3 is 19.7 Å². The maximum Gasteiger partial charge on any atom is 0.334 e. The molecule has 2 aliphatic carbocycles. The van der Waals surface area contributed by atoms with Crippen molar-refractivity contribution >= 4 is 11.9 Å². The Balaban J connectivity index is 1.59. The van der Waals surface area contributed by atoms with Gasteiger partial charge in [-0.1, -0.05) is 0 Å². The van der Waals surface area contributed by atoms with Crippen molar-refractivity contribution in [2.24, 2.45) is 0 Å². The van der Waals surface area contributed by atoms with Crippen LogP contribution in [0.25, 0.3) is 0 Å². The van der Waals surface area contributed by atoms with Crippen LogP contribution in [-0.2, 0) is 9.53 Å². The molecular weight excluding hydrogens is 296 g/mol. The Hall–Kier alpha value is -1.82. The van der Waals surface area contributed by atoms with E-state index in [9.17, 15) is 14.7 Å². The zero-order valence-electron chi connectivity index (χ0n) is 13.2. The first-order valence-corrected chi connectivity index (χ1v) is 8.43. The van der Waals surface area contributed by atoms with E-state index < -0.39 is 12.1 Å². The molecule has 1 aliphatic heterocycles. The molecule has 6 nitrogen and oxygen atoms in total. The molecule has 3 fully saturated rings. The van der Waals surface area contributed by atoms with Crippen molar-refractivity contribution in [1.82, 2.24) is 9.88 Å². The Bertz CT molecular complexity index is 645. The molecule has 1 amide bonds. The Kier molecular flexibility index (Phi) is 3.44. The summed E-state index contributed by atoms with van der Waals surface area (Å²) in [5.74, 6) is -0.0272. The topological polar surface area (TPSA) is 82.6 Å². The first kappa shape index (κ1) is 14.8. The van der Waals surface area contributed by atoms with Crippen molar-refractivity contribution in [3.05, 3.63) is 23.0 Å². The Morgan fingerprint density at radius 3 is 2.52 bits per heavy atom. The van der Waals surface area contributed by atoms with Crippen LogP contribution < -0.4 is 0 Å². The smallest absolute Gasteiger partial charge is 0.334 e. The summed E-state index contributed by atoms with van der Waals surface area (Å²) in [6, 6.07) is 2.00. The number of amides is 1. The SMILES string of the molecule is C[C@@H]1CN(C(=O)c2cc(C3CC3)[nH]c2C2CC2)C[C@@H](C(=O)O)O1. The number of carboxylic acid groups (broad SMARTS) is 1. The molecule has 1 saturated heterocycles. The third-order valence-corrected chi connectivity index (χ3v) is 4.93. The van der Waals surface area contributed by atoms with Gasteiger partial charge in [-0.3, -0.25) is 4.79 Å². The number of rotatable bonds is 4. The maximum atomic E-state index is 13.0. The van der Waals surface area contributed by atoms with Gasteiger partial charge in [0.25, 0.3) is 5.91 Å². The van der Waals surface area contributed by atoms with Crippen LogP contribution in [0.4, 0.5) is 0 Å². The predicted octanol–water partition coefficient (Wildman–Crippen LogP) is 2.08. The average Bonchev–Trinajstić information content (AvgIpc) is 3.44. The van der Waals surface area contributed by atoms with Gasteiger partial charge in [-0.2, -0.15) is 0 Å². The molecule has 0 bridgehead atoms. The molecular formula is C17H22N2O4. The van der Waals surface area contributed by atoms with Crippen molar-refractivity contribution in [3.8, 4) is 0 Å². The minimum atomic E-state index is -1.01. The lowest BCUT2D eigenvalue weighted by atomic mass is 10.1. The van der Waals surface area contributed by atoms with Gasteiger partial charge in [0.2, 0.25) is 0 Å². The number of hydrogen-bond acceptors (Lipinski definition) is 3. The molecule has 2 atom stereocenters. The van der Waals surface area contributed by atoms with Gasteiger partial charge in [-0.05, 0) is 50.5 Å². The monoisotopic (exact) mass is 318 g/mol. The third kappa shape index (κ3) is 2.87. The minimum absolute atomic E-state index is 0.0588. The highest BCUT2D eigenvalue weighted by Crippen LogP contribution is 2.45. The van der Waals surface area contributed by atoms with Crippen molar-refractivity contribution in [1.29, 1.82) is 0 Å². The molecule has 124 valence electrons. The normalized spacial score (nSPS) is 28.0. The Morgan fingerprint density at radius 1 is 1.22 bits per heavy atom. The number of nitrogens with zero attached hydrogens (tertiary/aromatic N) is 1. The number of morpholine rings is 1. The fourth-order valence-corrected chi connectivity index (χ4v) is 3.40. The number of nitrogens with one attached hydrogen (secondary N) is 1. The second-order valence-corrected chi connectivity index (χ2v) is 7.08. The Labute approximate surface area is 134 Å². The molecule has 1 aromatic rings. The van der Waals surface area contributed by atoms with E-state index in [2.05, 4.69) is 4.98 Å². The van der Waals surface area contributed by atoms with Crippen LogP contribution in [0.5, 0.6) is 0 Å². The van der Waals surface area contributed by atoms with E-state index >= 15 is 0 Å². The van der Waals surface area contributed by atoms with Gasteiger partial charge >= 0.3 is 5.97 Å². The van der Waals surface area contributed by atoms with Crippen LogP contribution in [0.2, 0.25) is 0 Å². The van der Waals surface area contributed by atoms with Crippen LogP contribution >= 0.6 is 0 Å². The summed E-state index contributed by atoms with van der Waals surface area (Å²) in [5.41, 5.74) is 2.97. The first-order valence-electron chi connectivity index (χ1n) is 8.43. The molecule has 2 saturated carbocycles. The fraction of sp³-hybridized carbons (Fsp3) is 0.647. The highest BCUT2D eigenvalue weighted by atomic mass is 16.5. The quantitative estimate of drug-likeness (QED) is 0.890. The van der Waals surface area contributed by atoms with Gasteiger partial charge in [-0.15, -0.1) is 0 Å². The van der Waals surface area contributed by atoms with Gasteiger partial charge in [0.05, 0.1) is 18.2 Å². The molecule has 0 unspecified atom stereocenters. The number of ether oxygens (including phenoxy) is 1. The first-order chi connectivity index (χ1) is 11.0. The van der Waals surface area contributed by atoms with E-state index in [1.54, 1.807) is 4.90 Å². The summed E-state index contributed by atoms with van der Waals surface area (Å²) in [6.07, 6.45) is 3.43. The summed E-state index contributed by atoms with van der Waals surface area (Å²) in [4.78, 5) is 29.3. The van der Waals surface area contributed by atoms with Crippen molar-refractivity contribution < 1.29 is 19.4 Å². The molecule has 2 heterocycles. The standard InChI is InChI=1S/C17H22N2O4/c1-9-7-19(8-14(23-9)17(21)22)16(20)12-6-13(10-2-3-10)18-15(12)11-4-5-11/h6,9-11,14,18H,2-5,7-8H2,1H3,(H,21,22)/t9-,14+/m1/s1. The number of H-pyrrole nitrogens is 1. The second-order valence-electron chi connectivity index (χ2n) is 7.08. The van der Waals surface area contributed by atoms with Crippen molar-refractivity contribution in [2.75, 3.05) is 13.1 Å². The highest BCUT2D eigenvalue weighted by molar-refractivity contribution is 5.96. The number of aromatic nitrogens is 1. The summed E-state index contributed by atoms with van der Waals surface area (Å²) in [5, 5.41) is 9.19. The van der Waals surface area contributed by atoms with Crippen LogP contribution in [0.3, 0.4) is 0 Å². The van der Waals surface area contributed by atoms with Crippen LogP contribution in [0.1, 0.15) is 66.2 Å². The lowest BCUT2D eigenvalue weighted by Gasteiger charge is -2.35. The molecule has 4 rings (SSSR count). The molecule has 3 aliphatic rings. The zero-order chi connectivity index (χ0) is 16.1. The third-order valence-electron chi connectivity index (χ3n) is 4.93. The number of aromatic amines is 1. The summed E-state index contributed by atoms with van der Waals surface area (Å²) in [6.45, 7) is 2.37. The zero-order valence-corrected chi connectivity index (χ0v) is 13.2. The molecule has 2 N–H and O–H groups in total. The fourth-order valence-electron chi connectivity index (χ4n) is 3.40. The lowest BCUT2D eigenvalue weighted by Crippen LogP contribution is -2.51. The van der Waals surface area contributed by atoms with E-state index in [4.69, 9.17) is 4.74 Å². The van der Waals surface area contributed by atoms with Crippen molar-refractivity contribution in [3.63, 3.8) is 0 Å². The van der Waals surface area contributed by atoms with Gasteiger partial charge in [0.15, 0.2) is 6.10 Å². The van der Waals surface area contributed by atoms with Gasteiger partial charge in [-0.25, -0.2) is 4.79 Å². The van der Waals surface area contributed by atoms with E-state index in [0.717, 1.165) is 24.1 Å². The van der Waals surface area contributed by atoms with Crippen LogP contribution in [-0.4, -0.2) is 52.2 Å². The number of carbonyl (C=O) groups excluding carboxylic acids is 1. The summed E-state index contributed by atoms with van der Waals surface area (Å²) in [7, 11) is 0. The number of aliphatic carboxylic acids is 1. The minimum Gasteiger partial charge on any atom is -0.479 e. The molecule has 6 heteroatoms. The molecule has 0 spiro atoms. The van der Waals surface area contributed by atoms with E-state index in [0.29, 0.717) is 18.4 Å². The lowest BCUT2D eigenvalue weighted by molar-refractivity contribution is -0.160. The number of carbonyl (C=O) groups is 2. The molecule has 1 aromatic heterocycles. The van der Waals surface area contributed by atoms with E-state index in [1.165, 1.54) is 18.5 Å². The highest BCUT2D eigenvalue weighted by Gasteiger charge is 2.38. The summed E-state index contributed by atoms with van der Waals surface area (Å²) < 4.78 is 5.41. The predicted molar refractivity (Wildman–Crippen MR) is 82.6 cm³/mol. The van der Waals surface area contributed by atoms with Crippen LogP contribution in [0.15, 0.2) is 6.07 Å². The largest absolute Gasteiger partial charge is 0.479 e. The van der Waals surface area contributed by atoms with Crippen molar-refractivity contribution in [2.45, 2.75) is 56.7 Å². The second kappa shape index (κ2) is 5.37. The number of hydrogen-bond donors (Lipinski definition) is 2. The summed E-state index contributed by atoms with van der Waals surface area (Å²) >= 11 is 0. The molecule has 0 radical (unpaired) electrons. The maximum absolute atomic E-state index is 13.0. The van der Waals surface area contributed by atoms with E-state index in [1.807, 2.05) is 13.0 Å². The van der Waals surface area contributed by atoms with E-state index in [-0.39, 0.29) is 18.6 Å². The molecule has 0 aromatic carbocycles. The van der Waals surface area contributed by atoms with Gasteiger partial charge in [0, 0.05) is 17.9 Å². The Morgan fingerprint density at radius 2 is 1.91 bits per heavy atom.